The van der Waals surface area contributed by atoms with E-state index in [4.69, 9.17) is 27.9 Å². The molecule has 0 saturated carbocycles. The van der Waals surface area contributed by atoms with Crippen LogP contribution in [-0.4, -0.2) is 9.78 Å². The summed E-state index contributed by atoms with van der Waals surface area (Å²) in [5.74, 6) is 1.21. The predicted octanol–water partition coefficient (Wildman–Crippen LogP) is 4.01. The molecule has 0 radical (unpaired) electrons. The number of alkyl halides is 1. The highest BCUT2D eigenvalue weighted by Gasteiger charge is 2.12. The molecule has 0 unspecified atom stereocenters. The summed E-state index contributed by atoms with van der Waals surface area (Å²) in [5.41, 5.74) is 3.82. The molecular formula is C14H16Cl2N2O. The highest BCUT2D eigenvalue weighted by Crippen LogP contribution is 2.25. The Morgan fingerprint density at radius 3 is 2.63 bits per heavy atom. The van der Waals surface area contributed by atoms with E-state index < -0.39 is 0 Å². The lowest BCUT2D eigenvalue weighted by atomic mass is 10.1. The Morgan fingerprint density at radius 2 is 2.05 bits per heavy atom. The first-order valence-corrected chi connectivity index (χ1v) is 6.90. The topological polar surface area (TPSA) is 27.1 Å². The van der Waals surface area contributed by atoms with Crippen LogP contribution in [0, 0.1) is 13.8 Å². The number of halogens is 2. The maximum absolute atomic E-state index is 6.19. The molecule has 0 fully saturated rings. The Morgan fingerprint density at radius 1 is 1.32 bits per heavy atom. The summed E-state index contributed by atoms with van der Waals surface area (Å²) in [6.07, 6.45) is 0. The van der Waals surface area contributed by atoms with Crippen molar-refractivity contribution in [2.75, 3.05) is 0 Å². The zero-order valence-corrected chi connectivity index (χ0v) is 12.7. The van der Waals surface area contributed by atoms with Gasteiger partial charge in [-0.15, -0.1) is 11.6 Å². The molecule has 0 amide bonds. The number of rotatable bonds is 4. The van der Waals surface area contributed by atoms with Crippen LogP contribution in [0.3, 0.4) is 0 Å². The fourth-order valence-corrected chi connectivity index (χ4v) is 2.36. The Bertz CT molecular complexity index is 593. The van der Waals surface area contributed by atoms with Crippen molar-refractivity contribution in [3.8, 4) is 5.75 Å². The van der Waals surface area contributed by atoms with Gasteiger partial charge in [0, 0.05) is 12.6 Å². The van der Waals surface area contributed by atoms with Gasteiger partial charge in [-0.05, 0) is 19.9 Å². The summed E-state index contributed by atoms with van der Waals surface area (Å²) in [5, 5.41) is 4.91. The number of hydrogen-bond donors (Lipinski definition) is 0. The lowest BCUT2D eigenvalue weighted by Crippen LogP contribution is -2.04. The van der Waals surface area contributed by atoms with Gasteiger partial charge in [-0.1, -0.05) is 29.3 Å². The number of aryl methyl sites for hydroxylation is 3. The molecule has 0 saturated heterocycles. The van der Waals surface area contributed by atoms with E-state index in [2.05, 4.69) is 5.10 Å². The van der Waals surface area contributed by atoms with E-state index in [1.54, 1.807) is 4.68 Å². The molecule has 0 N–H and O–H groups in total. The van der Waals surface area contributed by atoms with Crippen molar-refractivity contribution in [3.63, 3.8) is 0 Å². The van der Waals surface area contributed by atoms with Crippen LogP contribution in [0.4, 0.5) is 0 Å². The second kappa shape index (κ2) is 5.85. The average molecular weight is 299 g/mol. The number of aromatic nitrogens is 2. The summed E-state index contributed by atoms with van der Waals surface area (Å²) >= 11 is 12.1. The van der Waals surface area contributed by atoms with E-state index in [1.165, 1.54) is 0 Å². The van der Waals surface area contributed by atoms with E-state index in [0.717, 1.165) is 28.3 Å². The Balaban J connectivity index is 2.19. The third kappa shape index (κ3) is 3.04. The average Bonchev–Trinajstić information content (AvgIpc) is 2.62. The quantitative estimate of drug-likeness (QED) is 0.798. The minimum absolute atomic E-state index is 0.378. The van der Waals surface area contributed by atoms with E-state index in [1.807, 2.05) is 39.1 Å². The van der Waals surface area contributed by atoms with E-state index in [-0.39, 0.29) is 0 Å². The lowest BCUT2D eigenvalue weighted by molar-refractivity contribution is 0.292. The van der Waals surface area contributed by atoms with Gasteiger partial charge in [0.2, 0.25) is 0 Å². The van der Waals surface area contributed by atoms with Gasteiger partial charge in [0.1, 0.15) is 12.4 Å². The molecule has 2 aromatic rings. The highest BCUT2D eigenvalue weighted by molar-refractivity contribution is 6.31. The SMILES string of the molecule is Cc1ccc(OCc2c(Cl)c(C)nn2C)c(CCl)c1. The Labute approximate surface area is 123 Å². The van der Waals surface area contributed by atoms with Crippen molar-refractivity contribution < 1.29 is 4.74 Å². The van der Waals surface area contributed by atoms with Crippen molar-refractivity contribution in [2.24, 2.45) is 7.05 Å². The number of nitrogens with zero attached hydrogens (tertiary/aromatic N) is 2. The zero-order chi connectivity index (χ0) is 14.0. The lowest BCUT2D eigenvalue weighted by Gasteiger charge is -2.11. The number of ether oxygens (including phenoxy) is 1. The summed E-state index contributed by atoms with van der Waals surface area (Å²) < 4.78 is 7.56. The summed E-state index contributed by atoms with van der Waals surface area (Å²) in [7, 11) is 1.86. The van der Waals surface area contributed by atoms with Crippen LogP contribution in [-0.2, 0) is 19.5 Å². The maximum Gasteiger partial charge on any atom is 0.131 e. The normalized spacial score (nSPS) is 10.8. The molecular weight excluding hydrogens is 283 g/mol. The number of hydrogen-bond acceptors (Lipinski definition) is 2. The fraction of sp³-hybridized carbons (Fsp3) is 0.357. The molecule has 0 bridgehead atoms. The smallest absolute Gasteiger partial charge is 0.131 e. The van der Waals surface area contributed by atoms with Crippen LogP contribution in [0.25, 0.3) is 0 Å². The standard InChI is InChI=1S/C14H16Cl2N2O/c1-9-4-5-13(11(6-9)7-15)19-8-12-14(16)10(2)17-18(12)3/h4-6H,7-8H2,1-3H3. The second-order valence-electron chi connectivity index (χ2n) is 4.50. The first-order chi connectivity index (χ1) is 9.02. The molecule has 0 aliphatic rings. The van der Waals surface area contributed by atoms with Crippen LogP contribution in [0.5, 0.6) is 5.75 Å². The largest absolute Gasteiger partial charge is 0.487 e. The molecule has 2 rings (SSSR count). The first kappa shape index (κ1) is 14.2. The van der Waals surface area contributed by atoms with Crippen LogP contribution in [0.1, 0.15) is 22.5 Å². The summed E-state index contributed by atoms with van der Waals surface area (Å²) in [4.78, 5) is 0. The second-order valence-corrected chi connectivity index (χ2v) is 5.15. The monoisotopic (exact) mass is 298 g/mol. The third-order valence-electron chi connectivity index (χ3n) is 2.99. The Hall–Kier alpha value is -1.19. The highest BCUT2D eigenvalue weighted by atomic mass is 35.5. The first-order valence-electron chi connectivity index (χ1n) is 5.99. The van der Waals surface area contributed by atoms with E-state index in [9.17, 15) is 0 Å². The molecule has 1 aromatic carbocycles. The fourth-order valence-electron chi connectivity index (χ4n) is 1.94. The van der Waals surface area contributed by atoms with Crippen molar-refractivity contribution in [1.29, 1.82) is 0 Å². The molecule has 19 heavy (non-hydrogen) atoms. The van der Waals surface area contributed by atoms with Crippen molar-refractivity contribution in [1.82, 2.24) is 9.78 Å². The van der Waals surface area contributed by atoms with Gasteiger partial charge in [0.25, 0.3) is 0 Å². The molecule has 0 aliphatic heterocycles. The van der Waals surface area contributed by atoms with Gasteiger partial charge in [-0.2, -0.15) is 5.10 Å². The van der Waals surface area contributed by atoms with Gasteiger partial charge < -0.3 is 4.74 Å². The van der Waals surface area contributed by atoms with Gasteiger partial charge in [0.15, 0.2) is 0 Å². The predicted molar refractivity (Wildman–Crippen MR) is 78.0 cm³/mol. The van der Waals surface area contributed by atoms with Gasteiger partial charge in [-0.25, -0.2) is 0 Å². The molecule has 1 aromatic heterocycles. The van der Waals surface area contributed by atoms with E-state index >= 15 is 0 Å². The van der Waals surface area contributed by atoms with Gasteiger partial charge >= 0.3 is 0 Å². The van der Waals surface area contributed by atoms with Crippen molar-refractivity contribution >= 4 is 23.2 Å². The minimum Gasteiger partial charge on any atom is -0.487 e. The molecule has 3 nitrogen and oxygen atoms in total. The van der Waals surface area contributed by atoms with Crippen molar-refractivity contribution in [3.05, 3.63) is 45.7 Å². The molecule has 5 heteroatoms. The maximum atomic E-state index is 6.19. The Kier molecular flexibility index (Phi) is 4.38. The number of benzene rings is 1. The van der Waals surface area contributed by atoms with Gasteiger partial charge in [0.05, 0.1) is 22.3 Å². The van der Waals surface area contributed by atoms with E-state index in [0.29, 0.717) is 17.5 Å². The van der Waals surface area contributed by atoms with Crippen LogP contribution in [0.2, 0.25) is 5.02 Å². The molecule has 1 heterocycles. The van der Waals surface area contributed by atoms with Gasteiger partial charge in [-0.3, -0.25) is 4.68 Å². The minimum atomic E-state index is 0.378. The molecule has 102 valence electrons. The third-order valence-corrected chi connectivity index (χ3v) is 3.77. The zero-order valence-electron chi connectivity index (χ0n) is 11.2. The van der Waals surface area contributed by atoms with Crippen LogP contribution >= 0.6 is 23.2 Å². The van der Waals surface area contributed by atoms with Crippen LogP contribution in [0.15, 0.2) is 18.2 Å². The molecule has 0 atom stereocenters. The summed E-state index contributed by atoms with van der Waals surface area (Å²) in [6, 6.07) is 5.96. The summed E-state index contributed by atoms with van der Waals surface area (Å²) in [6.45, 7) is 4.28. The molecule has 0 aliphatic carbocycles. The van der Waals surface area contributed by atoms with Crippen molar-refractivity contribution in [2.45, 2.75) is 26.3 Å². The van der Waals surface area contributed by atoms with Crippen LogP contribution < -0.4 is 4.74 Å². The molecule has 0 spiro atoms.